The van der Waals surface area contributed by atoms with Crippen LogP contribution in [-0.4, -0.2) is 6.61 Å². The van der Waals surface area contributed by atoms with Crippen molar-refractivity contribution < 1.29 is 13.5 Å². The van der Waals surface area contributed by atoms with Crippen LogP contribution < -0.4 is 4.74 Å². The van der Waals surface area contributed by atoms with Gasteiger partial charge in [0.2, 0.25) is 0 Å². The summed E-state index contributed by atoms with van der Waals surface area (Å²) in [6.45, 7) is -0.673. The van der Waals surface area contributed by atoms with E-state index in [1.54, 1.807) is 12.1 Å². The number of alkyl halides is 2. The average Bonchev–Trinajstić information content (AvgIpc) is 2.14. The van der Waals surface area contributed by atoms with Crippen molar-refractivity contribution in [1.29, 1.82) is 0 Å². The topological polar surface area (TPSA) is 9.23 Å². The van der Waals surface area contributed by atoms with Gasteiger partial charge in [-0.05, 0) is 36.6 Å². The fourth-order valence-corrected chi connectivity index (χ4v) is 1.19. The third kappa shape index (κ3) is 3.73. The summed E-state index contributed by atoms with van der Waals surface area (Å²) in [4.78, 5) is 0. The fraction of sp³-hybridized carbons (Fsp3) is 0.455. The molecule has 1 aromatic carbocycles. The average molecular weight is 199 g/mol. The van der Waals surface area contributed by atoms with Crippen molar-refractivity contribution >= 4 is 0 Å². The Balaban J connectivity index is 2.59. The van der Waals surface area contributed by atoms with E-state index in [4.69, 9.17) is 0 Å². The lowest BCUT2D eigenvalue weighted by molar-refractivity contribution is -0.0498. The normalized spacial score (nSPS) is 10.6. The molecule has 1 nitrogen and oxygen atoms in total. The molecule has 0 fully saturated rings. The van der Waals surface area contributed by atoms with Crippen LogP contribution in [0.2, 0.25) is 0 Å². The van der Waals surface area contributed by atoms with Crippen molar-refractivity contribution in [2.75, 3.05) is 0 Å². The van der Waals surface area contributed by atoms with Gasteiger partial charge in [0, 0.05) is 0 Å². The van der Waals surface area contributed by atoms with Gasteiger partial charge in [-0.3, -0.25) is 0 Å². The lowest BCUT2D eigenvalue weighted by Crippen LogP contribution is -2.02. The molecule has 0 aliphatic rings. The van der Waals surface area contributed by atoms with Crippen LogP contribution in [0.15, 0.2) is 18.2 Å². The smallest absolute Gasteiger partial charge is 0.387 e. The highest BCUT2D eigenvalue weighted by Gasteiger charge is 2.04. The maximum absolute atomic E-state index is 11.9. The zero-order chi connectivity index (χ0) is 10.4. The van der Waals surface area contributed by atoms with E-state index < -0.39 is 6.61 Å². The number of halogens is 2. The predicted octanol–water partition coefficient (Wildman–Crippen LogP) is 3.43. The third-order valence-corrected chi connectivity index (χ3v) is 1.87. The minimum atomic E-state index is -2.76. The van der Waals surface area contributed by atoms with E-state index in [-0.39, 0.29) is 5.75 Å². The highest BCUT2D eigenvalue weighted by atomic mass is 19.3. The first-order valence-corrected chi connectivity index (χ1v) is 4.67. The summed E-state index contributed by atoms with van der Waals surface area (Å²) in [7, 11) is 0. The monoisotopic (exact) mass is 199 g/mol. The molecule has 0 atom stereocenters. The highest BCUT2D eigenvalue weighted by molar-refractivity contribution is 5.27. The molecule has 3 heteroatoms. The Morgan fingerprint density at radius 1 is 1.43 bits per heavy atom. The van der Waals surface area contributed by atoms with Crippen LogP contribution in [-0.2, 0) is 6.42 Å². The SMILES string of the molecule is CCCCc1c[c]cc(OC(F)F)c1. The summed E-state index contributed by atoms with van der Waals surface area (Å²) in [5.41, 5.74) is 0.991. The summed E-state index contributed by atoms with van der Waals surface area (Å²) in [6.07, 6.45) is 3.01. The molecule has 0 aromatic heterocycles. The summed E-state index contributed by atoms with van der Waals surface area (Å²) in [6, 6.07) is 7.64. The van der Waals surface area contributed by atoms with Crippen molar-refractivity contribution in [2.45, 2.75) is 32.8 Å². The van der Waals surface area contributed by atoms with Crippen molar-refractivity contribution in [3.63, 3.8) is 0 Å². The summed E-state index contributed by atoms with van der Waals surface area (Å²) in [5, 5.41) is 0. The molecular formula is C11H13F2O. The maximum Gasteiger partial charge on any atom is 0.387 e. The van der Waals surface area contributed by atoms with Gasteiger partial charge in [0.1, 0.15) is 5.75 Å². The van der Waals surface area contributed by atoms with Gasteiger partial charge < -0.3 is 4.74 Å². The number of hydrogen-bond donors (Lipinski definition) is 0. The minimum Gasteiger partial charge on any atom is -0.435 e. The Labute approximate surface area is 82.7 Å². The van der Waals surface area contributed by atoms with E-state index in [2.05, 4.69) is 17.7 Å². The molecular weight excluding hydrogens is 186 g/mol. The number of rotatable bonds is 5. The van der Waals surface area contributed by atoms with E-state index in [0.717, 1.165) is 24.8 Å². The van der Waals surface area contributed by atoms with Crippen LogP contribution in [0.25, 0.3) is 0 Å². The van der Waals surface area contributed by atoms with Gasteiger partial charge in [-0.2, -0.15) is 8.78 Å². The van der Waals surface area contributed by atoms with Gasteiger partial charge in [-0.25, -0.2) is 0 Å². The van der Waals surface area contributed by atoms with Gasteiger partial charge in [-0.1, -0.05) is 19.4 Å². The molecule has 77 valence electrons. The van der Waals surface area contributed by atoms with Gasteiger partial charge >= 0.3 is 6.61 Å². The van der Waals surface area contributed by atoms with Crippen LogP contribution in [0, 0.1) is 6.07 Å². The molecule has 0 spiro atoms. The molecule has 0 N–H and O–H groups in total. The number of hydrogen-bond acceptors (Lipinski definition) is 1. The molecule has 0 heterocycles. The van der Waals surface area contributed by atoms with E-state index in [0.29, 0.717) is 0 Å². The quantitative estimate of drug-likeness (QED) is 0.705. The second-order valence-electron chi connectivity index (χ2n) is 3.06. The molecule has 0 amide bonds. The predicted molar refractivity (Wildman–Crippen MR) is 50.5 cm³/mol. The highest BCUT2D eigenvalue weighted by Crippen LogP contribution is 2.16. The zero-order valence-corrected chi connectivity index (χ0v) is 8.09. The van der Waals surface area contributed by atoms with E-state index in [1.165, 1.54) is 6.07 Å². The second kappa shape index (κ2) is 5.58. The second-order valence-corrected chi connectivity index (χ2v) is 3.06. The van der Waals surface area contributed by atoms with E-state index >= 15 is 0 Å². The molecule has 0 aliphatic heterocycles. The Bertz CT molecular complexity index is 274. The van der Waals surface area contributed by atoms with Crippen LogP contribution in [0.5, 0.6) is 5.75 Å². The molecule has 1 rings (SSSR count). The largest absolute Gasteiger partial charge is 0.435 e. The van der Waals surface area contributed by atoms with Gasteiger partial charge in [-0.15, -0.1) is 0 Å². The van der Waals surface area contributed by atoms with Crippen LogP contribution in [0.3, 0.4) is 0 Å². The van der Waals surface area contributed by atoms with E-state index in [9.17, 15) is 8.78 Å². The van der Waals surface area contributed by atoms with Crippen LogP contribution in [0.1, 0.15) is 25.3 Å². The lowest BCUT2D eigenvalue weighted by Gasteiger charge is -2.05. The summed E-state index contributed by atoms with van der Waals surface area (Å²) in [5.74, 6) is 0.189. The molecule has 1 aromatic rings. The standard InChI is InChI=1S/C11H13F2O/c1-2-3-5-9-6-4-7-10(8-9)14-11(12)13/h6-8,11H,2-3,5H2,1H3. The Kier molecular flexibility index (Phi) is 4.36. The van der Waals surface area contributed by atoms with Crippen molar-refractivity contribution in [3.05, 3.63) is 29.8 Å². The Morgan fingerprint density at radius 2 is 2.21 bits per heavy atom. The van der Waals surface area contributed by atoms with Crippen LogP contribution >= 0.6 is 0 Å². The van der Waals surface area contributed by atoms with Crippen molar-refractivity contribution in [1.82, 2.24) is 0 Å². The molecule has 0 saturated heterocycles. The molecule has 0 unspecified atom stereocenters. The van der Waals surface area contributed by atoms with Crippen molar-refractivity contribution in [2.24, 2.45) is 0 Å². The number of aryl methyl sites for hydroxylation is 1. The number of benzene rings is 1. The minimum absolute atomic E-state index is 0.189. The van der Waals surface area contributed by atoms with Crippen molar-refractivity contribution in [3.8, 4) is 5.75 Å². The molecule has 14 heavy (non-hydrogen) atoms. The van der Waals surface area contributed by atoms with Gasteiger partial charge in [0.25, 0.3) is 0 Å². The van der Waals surface area contributed by atoms with E-state index in [1.807, 2.05) is 0 Å². The Morgan fingerprint density at radius 3 is 2.86 bits per heavy atom. The first-order chi connectivity index (χ1) is 6.72. The van der Waals surface area contributed by atoms with Crippen LogP contribution in [0.4, 0.5) is 8.78 Å². The third-order valence-electron chi connectivity index (χ3n) is 1.87. The van der Waals surface area contributed by atoms with Gasteiger partial charge in [0.15, 0.2) is 0 Å². The fourth-order valence-electron chi connectivity index (χ4n) is 1.19. The molecule has 0 bridgehead atoms. The Hall–Kier alpha value is -1.12. The molecule has 1 radical (unpaired) electrons. The molecule has 0 saturated carbocycles. The summed E-state index contributed by atoms with van der Waals surface area (Å²) >= 11 is 0. The first-order valence-electron chi connectivity index (χ1n) is 4.67. The zero-order valence-electron chi connectivity index (χ0n) is 8.09. The number of unbranched alkanes of at least 4 members (excludes halogenated alkanes) is 1. The van der Waals surface area contributed by atoms with Gasteiger partial charge in [0.05, 0.1) is 0 Å². The number of ether oxygens (including phenoxy) is 1. The first kappa shape index (κ1) is 11.0. The molecule has 0 aliphatic carbocycles. The summed E-state index contributed by atoms with van der Waals surface area (Å²) < 4.78 is 28.0. The maximum atomic E-state index is 11.9. The lowest BCUT2D eigenvalue weighted by atomic mass is 10.1.